The largest absolute Gasteiger partial charge is 0.497 e. The van der Waals surface area contributed by atoms with Crippen LogP contribution in [-0.2, 0) is 6.54 Å². The molecule has 0 aliphatic carbocycles. The molecule has 2 aromatic heterocycles. The summed E-state index contributed by atoms with van der Waals surface area (Å²) in [6.45, 7) is 0.449. The molecule has 0 saturated heterocycles. The van der Waals surface area contributed by atoms with Crippen LogP contribution in [0.1, 0.15) is 5.56 Å². The second-order valence-corrected chi connectivity index (χ2v) is 8.26. The number of fused-ring (bicyclic) bond motifs is 2. The van der Waals surface area contributed by atoms with Crippen molar-refractivity contribution in [3.05, 3.63) is 76.9 Å². The zero-order chi connectivity index (χ0) is 27.9. The Bertz CT molecular complexity index is 1620. The van der Waals surface area contributed by atoms with Crippen LogP contribution in [0.2, 0.25) is 5.15 Å². The van der Waals surface area contributed by atoms with Gasteiger partial charge in [-0.25, -0.2) is 28.7 Å². The zero-order valence-electron chi connectivity index (χ0n) is 21.5. The highest BCUT2D eigenvalue weighted by Crippen LogP contribution is 2.28. The van der Waals surface area contributed by atoms with Crippen LogP contribution in [0.25, 0.3) is 22.1 Å². The molecule has 202 valence electrons. The van der Waals surface area contributed by atoms with Crippen molar-refractivity contribution in [3.63, 3.8) is 0 Å². The first kappa shape index (κ1) is 27.5. The number of aromatic nitrogens is 4. The molecule has 1 N–H and O–H groups in total. The second kappa shape index (κ2) is 12.4. The number of anilines is 1. The number of rotatable bonds is 7. The first-order chi connectivity index (χ1) is 18.8. The molecule has 2 heterocycles. The molecule has 39 heavy (non-hydrogen) atoms. The number of ether oxygens (including phenoxy) is 4. The van der Waals surface area contributed by atoms with Gasteiger partial charge in [0.05, 0.1) is 50.5 Å². The van der Waals surface area contributed by atoms with Gasteiger partial charge in [0.25, 0.3) is 11.8 Å². The fourth-order valence-electron chi connectivity index (χ4n) is 3.57. The summed E-state index contributed by atoms with van der Waals surface area (Å²) in [6.07, 6.45) is 0. The van der Waals surface area contributed by atoms with Crippen LogP contribution in [0.3, 0.4) is 0 Å². The minimum Gasteiger partial charge on any atom is -0.497 e. The van der Waals surface area contributed by atoms with Crippen molar-refractivity contribution in [1.82, 2.24) is 19.9 Å². The fraction of sp³-hybridized carbons (Fsp3) is 0.185. The summed E-state index contributed by atoms with van der Waals surface area (Å²) in [5, 5.41) is 3.36. The lowest BCUT2D eigenvalue weighted by Crippen LogP contribution is -2.06. The van der Waals surface area contributed by atoms with Crippen LogP contribution in [0, 0.1) is 11.6 Å². The van der Waals surface area contributed by atoms with Gasteiger partial charge < -0.3 is 24.3 Å². The van der Waals surface area contributed by atoms with Gasteiger partial charge in [-0.3, -0.25) is 0 Å². The third-order valence-electron chi connectivity index (χ3n) is 5.48. The summed E-state index contributed by atoms with van der Waals surface area (Å²) in [5.74, 6) is 1.64. The Morgan fingerprint density at radius 3 is 1.87 bits per heavy atom. The van der Waals surface area contributed by atoms with Crippen LogP contribution >= 0.6 is 11.6 Å². The molecule has 9 nitrogen and oxygen atoms in total. The highest BCUT2D eigenvalue weighted by Gasteiger charge is 2.12. The topological polar surface area (TPSA) is 101 Å². The highest BCUT2D eigenvalue weighted by molar-refractivity contribution is 6.31. The first-order valence-electron chi connectivity index (χ1n) is 11.5. The monoisotopic (exact) mass is 555 g/mol. The summed E-state index contributed by atoms with van der Waals surface area (Å²) in [5.41, 5.74) is 2.89. The maximum absolute atomic E-state index is 13.3. The van der Waals surface area contributed by atoms with Crippen LogP contribution in [0.4, 0.5) is 14.6 Å². The maximum Gasteiger partial charge on any atom is 0.257 e. The first-order valence-corrected chi connectivity index (χ1v) is 11.9. The van der Waals surface area contributed by atoms with Crippen molar-refractivity contribution in [3.8, 4) is 23.3 Å². The number of nitrogens with one attached hydrogen (secondary N) is 1. The molecule has 0 spiro atoms. The Hall–Kier alpha value is -4.51. The predicted molar refractivity (Wildman–Crippen MR) is 144 cm³/mol. The lowest BCUT2D eigenvalue weighted by atomic mass is 10.2. The normalized spacial score (nSPS) is 10.5. The van der Waals surface area contributed by atoms with E-state index in [4.69, 9.17) is 30.5 Å². The molecule has 5 aromatic rings. The van der Waals surface area contributed by atoms with Gasteiger partial charge >= 0.3 is 0 Å². The molecule has 0 saturated carbocycles. The Balaban J connectivity index is 0.000000212. The Labute approximate surface area is 227 Å². The average Bonchev–Trinajstić information content (AvgIpc) is 2.95. The molecule has 0 aliphatic heterocycles. The van der Waals surface area contributed by atoms with Crippen molar-refractivity contribution < 1.29 is 27.7 Å². The summed E-state index contributed by atoms with van der Waals surface area (Å²) in [7, 11) is 6.13. The maximum atomic E-state index is 13.3. The number of benzene rings is 3. The molecule has 0 radical (unpaired) electrons. The van der Waals surface area contributed by atoms with Crippen LogP contribution in [0.5, 0.6) is 23.3 Å². The van der Waals surface area contributed by atoms with E-state index in [1.54, 1.807) is 20.3 Å². The molecular formula is C27H24ClF2N5O4. The SMILES string of the molecule is COc1ccc(CNc2nc3ccc(F)cc3nc2OC)c(OC)c1.COc1nc2cc(F)ccc2nc1Cl. The Kier molecular flexibility index (Phi) is 8.72. The molecule has 0 fully saturated rings. The number of methoxy groups -OCH3 is 4. The van der Waals surface area contributed by atoms with Crippen molar-refractivity contribution in [2.75, 3.05) is 33.8 Å². The van der Waals surface area contributed by atoms with Crippen LogP contribution < -0.4 is 24.3 Å². The van der Waals surface area contributed by atoms with Gasteiger partial charge in [0.15, 0.2) is 11.0 Å². The summed E-state index contributed by atoms with van der Waals surface area (Å²) in [4.78, 5) is 16.8. The van der Waals surface area contributed by atoms with Gasteiger partial charge in [-0.15, -0.1) is 0 Å². The van der Waals surface area contributed by atoms with E-state index in [-0.39, 0.29) is 22.7 Å². The average molecular weight is 556 g/mol. The summed E-state index contributed by atoms with van der Waals surface area (Å²) >= 11 is 5.75. The zero-order valence-corrected chi connectivity index (χ0v) is 22.2. The minimum atomic E-state index is -0.368. The minimum absolute atomic E-state index is 0.173. The third-order valence-corrected chi connectivity index (χ3v) is 5.72. The van der Waals surface area contributed by atoms with Gasteiger partial charge in [0, 0.05) is 30.3 Å². The highest BCUT2D eigenvalue weighted by atomic mass is 35.5. The molecule has 0 atom stereocenters. The van der Waals surface area contributed by atoms with Crippen molar-refractivity contribution in [2.45, 2.75) is 6.54 Å². The van der Waals surface area contributed by atoms with Crippen LogP contribution in [-0.4, -0.2) is 48.4 Å². The molecule has 0 aliphatic rings. The van der Waals surface area contributed by atoms with Crippen molar-refractivity contribution in [1.29, 1.82) is 0 Å². The molecule has 5 rings (SSSR count). The smallest absolute Gasteiger partial charge is 0.257 e. The molecule has 0 amide bonds. The van der Waals surface area contributed by atoms with Crippen molar-refractivity contribution in [2.24, 2.45) is 0 Å². The van der Waals surface area contributed by atoms with Gasteiger partial charge in [0.1, 0.15) is 23.1 Å². The second-order valence-electron chi connectivity index (χ2n) is 7.90. The number of hydrogen-bond acceptors (Lipinski definition) is 9. The Morgan fingerprint density at radius 2 is 1.28 bits per heavy atom. The van der Waals surface area contributed by atoms with E-state index in [1.165, 1.54) is 44.6 Å². The predicted octanol–water partition coefficient (Wildman–Crippen LogP) is 5.84. The van der Waals surface area contributed by atoms with E-state index in [1.807, 2.05) is 18.2 Å². The van der Waals surface area contributed by atoms with E-state index in [2.05, 4.69) is 25.3 Å². The number of hydrogen-bond donors (Lipinski definition) is 1. The molecule has 3 aromatic carbocycles. The lowest BCUT2D eigenvalue weighted by molar-refractivity contribution is 0.391. The van der Waals surface area contributed by atoms with Crippen LogP contribution in [0.15, 0.2) is 54.6 Å². The number of nitrogens with zero attached hydrogens (tertiary/aromatic N) is 4. The molecule has 12 heteroatoms. The van der Waals surface area contributed by atoms with Crippen molar-refractivity contribution >= 4 is 39.5 Å². The van der Waals surface area contributed by atoms with Gasteiger partial charge in [-0.1, -0.05) is 11.6 Å². The third kappa shape index (κ3) is 6.50. The number of halogens is 3. The van der Waals surface area contributed by atoms with E-state index in [9.17, 15) is 8.78 Å². The molecule has 0 bridgehead atoms. The van der Waals surface area contributed by atoms with Gasteiger partial charge in [-0.2, -0.15) is 0 Å². The Morgan fingerprint density at radius 1 is 0.667 bits per heavy atom. The molecule has 0 unspecified atom stereocenters. The quantitative estimate of drug-likeness (QED) is 0.265. The summed E-state index contributed by atoms with van der Waals surface area (Å²) in [6, 6.07) is 13.9. The fourth-order valence-corrected chi connectivity index (χ4v) is 3.78. The van der Waals surface area contributed by atoms with E-state index in [0.29, 0.717) is 51.8 Å². The molecular weight excluding hydrogens is 532 g/mol. The van der Waals surface area contributed by atoms with E-state index in [0.717, 1.165) is 5.56 Å². The summed E-state index contributed by atoms with van der Waals surface area (Å²) < 4.78 is 46.9. The lowest BCUT2D eigenvalue weighted by Gasteiger charge is -2.13. The van der Waals surface area contributed by atoms with Gasteiger partial charge in [-0.05, 0) is 36.4 Å². The van der Waals surface area contributed by atoms with E-state index < -0.39 is 0 Å². The van der Waals surface area contributed by atoms with Gasteiger partial charge in [0.2, 0.25) is 0 Å². The standard InChI is InChI=1S/C18H18FN3O3.C9H6ClFN2O/c1-23-13-6-4-11(16(9-13)24-2)10-20-17-18(25-3)22-15-8-12(19)5-7-14(15)21-17;1-14-9-8(10)12-6-3-2-5(11)4-7(6)13-9/h4-9H,10H2,1-3H3,(H,20,21);2-4H,1H3. The van der Waals surface area contributed by atoms with E-state index >= 15 is 0 Å².